The zero-order valence-corrected chi connectivity index (χ0v) is 24.4. The van der Waals surface area contributed by atoms with E-state index in [9.17, 15) is 8.78 Å². The quantitative estimate of drug-likeness (QED) is 0.238. The Morgan fingerprint density at radius 2 is 1.59 bits per heavy atom. The van der Waals surface area contributed by atoms with Crippen LogP contribution in [0.25, 0.3) is 5.57 Å². The second kappa shape index (κ2) is 21.2. The number of carbonyl (C=O) groups is 1. The fourth-order valence-corrected chi connectivity index (χ4v) is 3.97. The number of halogens is 2. The predicted octanol–water partition coefficient (Wildman–Crippen LogP) is 9.77. The molecule has 0 atom stereocenters. The number of allylic oxidation sites excluding steroid dienone is 6. The molecule has 0 spiro atoms. The van der Waals surface area contributed by atoms with E-state index in [0.717, 1.165) is 24.7 Å². The molecule has 2 aromatic rings. The average Bonchev–Trinajstić information content (AvgIpc) is 2.90. The molecule has 37 heavy (non-hydrogen) atoms. The molecule has 0 radical (unpaired) electrons. The van der Waals surface area contributed by atoms with Gasteiger partial charge in [0.15, 0.2) is 0 Å². The van der Waals surface area contributed by atoms with E-state index < -0.39 is 5.92 Å². The number of hydrogen-bond donors (Lipinski definition) is 0. The summed E-state index contributed by atoms with van der Waals surface area (Å²) in [5.74, 6) is -1.40. The van der Waals surface area contributed by atoms with E-state index in [4.69, 9.17) is 9.53 Å². The minimum Gasteiger partial charge on any atom is -0.496 e. The largest absolute Gasteiger partial charge is 0.496 e. The molecule has 0 saturated carbocycles. The van der Waals surface area contributed by atoms with Gasteiger partial charge in [0.25, 0.3) is 5.92 Å². The Labute approximate surface area is 228 Å². The summed E-state index contributed by atoms with van der Waals surface area (Å²) in [6.07, 6.45) is 7.50. The van der Waals surface area contributed by atoms with Crippen molar-refractivity contribution in [2.45, 2.75) is 60.3 Å². The predicted molar refractivity (Wildman–Crippen MR) is 161 cm³/mol. The lowest BCUT2D eigenvalue weighted by Gasteiger charge is -2.19. The molecule has 2 rings (SSSR count). The van der Waals surface area contributed by atoms with Crippen molar-refractivity contribution >= 4 is 24.1 Å². The summed E-state index contributed by atoms with van der Waals surface area (Å²) in [4.78, 5) is 9.26. The van der Waals surface area contributed by atoms with Gasteiger partial charge in [-0.3, -0.25) is 0 Å². The Balaban J connectivity index is 0. The zero-order valence-electron chi connectivity index (χ0n) is 23.6. The summed E-state index contributed by atoms with van der Waals surface area (Å²) >= 11 is 1.81. The molecule has 0 aliphatic rings. The van der Waals surface area contributed by atoms with Crippen LogP contribution in [0.4, 0.5) is 8.78 Å². The van der Waals surface area contributed by atoms with Crippen molar-refractivity contribution < 1.29 is 18.3 Å². The number of aryl methyl sites for hydroxylation is 1. The molecule has 204 valence electrons. The molecule has 0 bridgehead atoms. The standard InChI is InChI=1S/C21H28F2OS.C8H10.C2H4.CH2O/c1-7-19(21(5,22)23)18-14-17(11-12-20(18)24-6)13-15(3)9-10-16(4)25-8-2;1-2-8-6-4-3-5-7-8;2*1-2/h7,9-12,14H,8,13H2,1-6H3;3-7H,2H2,1H3;1-2H2;1H2/b15-9+,16-10+,19-7+;;;. The summed E-state index contributed by atoms with van der Waals surface area (Å²) in [5.41, 5.74) is 4.02. The van der Waals surface area contributed by atoms with Crippen LogP contribution in [0.1, 0.15) is 58.2 Å². The molecular formula is C32H44F2O2S. The zero-order chi connectivity index (χ0) is 28.9. The van der Waals surface area contributed by atoms with Crippen LogP contribution in [-0.2, 0) is 17.6 Å². The highest BCUT2D eigenvalue weighted by Crippen LogP contribution is 2.37. The van der Waals surface area contributed by atoms with Crippen LogP contribution in [0.3, 0.4) is 0 Å². The minimum atomic E-state index is -2.91. The van der Waals surface area contributed by atoms with Crippen molar-refractivity contribution in [1.82, 2.24) is 0 Å². The number of thioether (sulfide) groups is 1. The van der Waals surface area contributed by atoms with E-state index in [-0.39, 0.29) is 5.57 Å². The van der Waals surface area contributed by atoms with Gasteiger partial charge in [-0.25, -0.2) is 8.78 Å². The smallest absolute Gasteiger partial charge is 0.270 e. The molecule has 0 aliphatic carbocycles. The van der Waals surface area contributed by atoms with E-state index in [1.165, 1.54) is 29.2 Å². The van der Waals surface area contributed by atoms with Gasteiger partial charge in [-0.05, 0) is 67.5 Å². The first-order valence-corrected chi connectivity index (χ1v) is 13.2. The molecule has 2 nitrogen and oxygen atoms in total. The number of carbonyl (C=O) groups excluding carboxylic acids is 1. The summed E-state index contributed by atoms with van der Waals surface area (Å²) in [6, 6.07) is 16.0. The maximum Gasteiger partial charge on any atom is 0.270 e. The summed E-state index contributed by atoms with van der Waals surface area (Å²) < 4.78 is 33.1. The maximum atomic E-state index is 13.9. The van der Waals surface area contributed by atoms with Crippen molar-refractivity contribution in [1.29, 1.82) is 0 Å². The van der Waals surface area contributed by atoms with E-state index in [0.29, 0.717) is 17.7 Å². The average molecular weight is 531 g/mol. The van der Waals surface area contributed by atoms with Gasteiger partial charge in [0.2, 0.25) is 0 Å². The molecule has 2 aromatic carbocycles. The lowest BCUT2D eigenvalue weighted by Crippen LogP contribution is -2.13. The monoisotopic (exact) mass is 530 g/mol. The number of alkyl halides is 2. The molecular weight excluding hydrogens is 486 g/mol. The fourth-order valence-electron chi connectivity index (χ4n) is 3.35. The highest BCUT2D eigenvalue weighted by atomic mass is 32.2. The Hall–Kier alpha value is -2.92. The molecule has 0 amide bonds. The van der Waals surface area contributed by atoms with Crippen molar-refractivity contribution in [2.75, 3.05) is 12.9 Å². The van der Waals surface area contributed by atoms with Crippen LogP contribution in [0.15, 0.2) is 90.4 Å². The van der Waals surface area contributed by atoms with Crippen molar-refractivity contribution in [3.8, 4) is 5.75 Å². The van der Waals surface area contributed by atoms with Crippen LogP contribution >= 0.6 is 11.8 Å². The van der Waals surface area contributed by atoms with Crippen LogP contribution in [0.5, 0.6) is 5.75 Å². The van der Waals surface area contributed by atoms with Gasteiger partial charge < -0.3 is 9.53 Å². The van der Waals surface area contributed by atoms with Crippen molar-refractivity contribution in [2.24, 2.45) is 0 Å². The number of benzene rings is 2. The lowest BCUT2D eigenvalue weighted by atomic mass is 9.95. The SMILES string of the molecule is C/C=C(\c1cc(C/C(C)=C/C=C(\C)SCC)ccc1OC)C(C)(F)F.C=C.C=O.CCc1ccccc1. The van der Waals surface area contributed by atoms with E-state index >= 15 is 0 Å². The lowest BCUT2D eigenvalue weighted by molar-refractivity contribution is -0.0980. The highest BCUT2D eigenvalue weighted by Gasteiger charge is 2.30. The molecule has 0 saturated heterocycles. The third-order valence-corrected chi connectivity index (χ3v) is 5.90. The second-order valence-electron chi connectivity index (χ2n) is 7.86. The molecule has 0 unspecified atom stereocenters. The van der Waals surface area contributed by atoms with Crippen LogP contribution in [-0.4, -0.2) is 25.6 Å². The van der Waals surface area contributed by atoms with Crippen LogP contribution in [0, 0.1) is 0 Å². The first kappa shape index (κ1) is 36.2. The maximum absolute atomic E-state index is 13.9. The van der Waals surface area contributed by atoms with Gasteiger partial charge in [-0.1, -0.05) is 74.0 Å². The highest BCUT2D eigenvalue weighted by molar-refractivity contribution is 8.03. The van der Waals surface area contributed by atoms with Crippen molar-refractivity contribution in [3.63, 3.8) is 0 Å². The Morgan fingerprint density at radius 1 is 1.00 bits per heavy atom. The number of ether oxygens (including phenoxy) is 1. The Bertz CT molecular complexity index is 972. The summed E-state index contributed by atoms with van der Waals surface area (Å²) in [6.45, 7) is 19.0. The molecule has 5 heteroatoms. The molecule has 0 fully saturated rings. The number of rotatable bonds is 9. The van der Waals surface area contributed by atoms with Crippen LogP contribution in [0.2, 0.25) is 0 Å². The first-order valence-electron chi connectivity index (χ1n) is 12.2. The van der Waals surface area contributed by atoms with E-state index in [2.05, 4.69) is 77.3 Å². The van der Waals surface area contributed by atoms with Gasteiger partial charge in [0, 0.05) is 18.1 Å². The van der Waals surface area contributed by atoms with E-state index in [1.54, 1.807) is 30.8 Å². The van der Waals surface area contributed by atoms with Gasteiger partial charge >= 0.3 is 0 Å². The number of hydrogen-bond acceptors (Lipinski definition) is 3. The molecule has 0 aliphatic heterocycles. The molecule has 0 N–H and O–H groups in total. The van der Waals surface area contributed by atoms with Gasteiger partial charge in [-0.15, -0.1) is 24.9 Å². The molecule has 0 heterocycles. The third-order valence-electron chi connectivity index (χ3n) is 5.02. The third kappa shape index (κ3) is 15.0. The molecule has 0 aromatic heterocycles. The summed E-state index contributed by atoms with van der Waals surface area (Å²) in [7, 11) is 1.50. The van der Waals surface area contributed by atoms with Gasteiger partial charge in [0.1, 0.15) is 12.5 Å². The second-order valence-corrected chi connectivity index (χ2v) is 9.37. The number of methoxy groups -OCH3 is 1. The summed E-state index contributed by atoms with van der Waals surface area (Å²) in [5, 5.41) is 0. The van der Waals surface area contributed by atoms with Crippen LogP contribution < -0.4 is 4.74 Å². The van der Waals surface area contributed by atoms with E-state index in [1.807, 2.05) is 18.9 Å². The topological polar surface area (TPSA) is 26.3 Å². The van der Waals surface area contributed by atoms with Gasteiger partial charge in [0.05, 0.1) is 7.11 Å². The fraction of sp³-hybridized carbons (Fsp3) is 0.344. The Morgan fingerprint density at radius 3 is 2.03 bits per heavy atom. The first-order chi connectivity index (χ1) is 17.7. The Kier molecular flexibility index (Phi) is 20.8. The normalized spacial score (nSPS) is 11.6. The van der Waals surface area contributed by atoms with Gasteiger partial charge in [-0.2, -0.15) is 0 Å². The minimum absolute atomic E-state index is 0.0112. The van der Waals surface area contributed by atoms with Crippen molar-refractivity contribution in [3.05, 3.63) is 107 Å².